The highest BCUT2D eigenvalue weighted by Gasteiger charge is 2.34. The van der Waals surface area contributed by atoms with E-state index in [1.54, 1.807) is 0 Å². The molecule has 0 spiro atoms. The van der Waals surface area contributed by atoms with Crippen molar-refractivity contribution < 1.29 is 14.7 Å². The number of rotatable bonds is 6. The quantitative estimate of drug-likeness (QED) is 0.787. The minimum absolute atomic E-state index is 0.120. The topological polar surface area (TPSA) is 69.6 Å². The molecule has 2 unspecified atom stereocenters. The smallest absolute Gasteiger partial charge is 0.317 e. The Labute approximate surface area is 121 Å². The van der Waals surface area contributed by atoms with Gasteiger partial charge in [0.2, 0.25) is 0 Å². The van der Waals surface area contributed by atoms with Crippen LogP contribution in [0, 0.1) is 17.8 Å². The van der Waals surface area contributed by atoms with Crippen molar-refractivity contribution in [3.8, 4) is 0 Å². The number of carboxylic acids is 1. The van der Waals surface area contributed by atoms with Crippen LogP contribution in [0.3, 0.4) is 0 Å². The van der Waals surface area contributed by atoms with E-state index in [1.807, 2.05) is 4.90 Å². The van der Waals surface area contributed by atoms with Gasteiger partial charge in [-0.05, 0) is 24.7 Å². The van der Waals surface area contributed by atoms with E-state index < -0.39 is 11.9 Å². The van der Waals surface area contributed by atoms with Crippen molar-refractivity contribution >= 4 is 12.0 Å². The molecule has 2 amide bonds. The molecule has 0 heterocycles. The first-order chi connectivity index (χ1) is 9.31. The van der Waals surface area contributed by atoms with Crippen molar-refractivity contribution in [2.75, 3.05) is 13.1 Å². The molecule has 0 saturated heterocycles. The number of carboxylic acid groups (broad SMARTS) is 1. The fraction of sp³-hybridized carbons (Fsp3) is 0.867. The fourth-order valence-electron chi connectivity index (χ4n) is 2.80. The van der Waals surface area contributed by atoms with Crippen LogP contribution >= 0.6 is 0 Å². The van der Waals surface area contributed by atoms with E-state index in [0.29, 0.717) is 31.3 Å². The Kier molecular flexibility index (Phi) is 6.30. The Morgan fingerprint density at radius 3 is 2.15 bits per heavy atom. The summed E-state index contributed by atoms with van der Waals surface area (Å²) >= 11 is 0. The van der Waals surface area contributed by atoms with Crippen molar-refractivity contribution in [1.29, 1.82) is 0 Å². The lowest BCUT2D eigenvalue weighted by molar-refractivity contribution is -0.142. The molecule has 5 heteroatoms. The van der Waals surface area contributed by atoms with E-state index in [4.69, 9.17) is 5.11 Å². The summed E-state index contributed by atoms with van der Waals surface area (Å²) in [6.07, 6.45) is 2.30. The first-order valence-corrected chi connectivity index (χ1v) is 7.59. The molecular weight excluding hydrogens is 256 g/mol. The van der Waals surface area contributed by atoms with Gasteiger partial charge in [0.1, 0.15) is 0 Å². The summed E-state index contributed by atoms with van der Waals surface area (Å²) in [5.41, 5.74) is 0. The van der Waals surface area contributed by atoms with Crippen molar-refractivity contribution in [1.82, 2.24) is 10.2 Å². The number of hydrogen-bond donors (Lipinski definition) is 2. The highest BCUT2D eigenvalue weighted by molar-refractivity contribution is 5.77. The largest absolute Gasteiger partial charge is 0.481 e. The van der Waals surface area contributed by atoms with Crippen molar-refractivity contribution in [2.45, 2.75) is 53.0 Å². The van der Waals surface area contributed by atoms with Gasteiger partial charge in [-0.25, -0.2) is 4.79 Å². The molecule has 0 radical (unpaired) electrons. The number of amides is 2. The van der Waals surface area contributed by atoms with Crippen molar-refractivity contribution in [3.05, 3.63) is 0 Å². The number of nitrogens with zero attached hydrogens (tertiary/aromatic N) is 1. The first kappa shape index (κ1) is 16.8. The molecular formula is C15H28N2O3. The Morgan fingerprint density at radius 1 is 1.15 bits per heavy atom. The van der Waals surface area contributed by atoms with E-state index in [9.17, 15) is 9.59 Å². The summed E-state index contributed by atoms with van der Waals surface area (Å²) in [6.45, 7) is 9.72. The molecule has 2 N–H and O–H groups in total. The van der Waals surface area contributed by atoms with Gasteiger partial charge in [-0.1, -0.05) is 34.1 Å². The zero-order chi connectivity index (χ0) is 15.3. The zero-order valence-electron chi connectivity index (χ0n) is 13.1. The monoisotopic (exact) mass is 284 g/mol. The molecule has 2 atom stereocenters. The van der Waals surface area contributed by atoms with Crippen LogP contribution in [0.15, 0.2) is 0 Å². The fourth-order valence-corrected chi connectivity index (χ4v) is 2.80. The molecule has 1 aliphatic carbocycles. The van der Waals surface area contributed by atoms with Gasteiger partial charge in [0.25, 0.3) is 0 Å². The third kappa shape index (κ3) is 5.02. The number of aliphatic carboxylic acids is 1. The van der Waals surface area contributed by atoms with Crippen molar-refractivity contribution in [2.24, 2.45) is 17.8 Å². The van der Waals surface area contributed by atoms with Gasteiger partial charge in [-0.15, -0.1) is 0 Å². The number of urea groups is 1. The second-order valence-corrected chi connectivity index (χ2v) is 6.62. The number of carbonyl (C=O) groups is 2. The standard InChI is InChI=1S/C15H28N2O3/c1-10(2)8-17(9-11(3)4)15(20)16-13-7-5-6-12(13)14(18)19/h10-13H,5-9H2,1-4H3,(H,16,20)(H,18,19). The summed E-state index contributed by atoms with van der Waals surface area (Å²) in [5.74, 6) is -0.428. The van der Waals surface area contributed by atoms with E-state index in [0.717, 1.165) is 12.8 Å². The maximum atomic E-state index is 12.4. The summed E-state index contributed by atoms with van der Waals surface area (Å²) in [7, 11) is 0. The molecule has 0 bridgehead atoms. The number of nitrogens with one attached hydrogen (secondary N) is 1. The Bertz CT molecular complexity index is 332. The van der Waals surface area contributed by atoms with Gasteiger partial charge < -0.3 is 15.3 Å². The second-order valence-electron chi connectivity index (χ2n) is 6.62. The lowest BCUT2D eigenvalue weighted by Crippen LogP contribution is -2.49. The van der Waals surface area contributed by atoms with E-state index in [2.05, 4.69) is 33.0 Å². The molecule has 0 aromatic heterocycles. The number of carbonyl (C=O) groups excluding carboxylic acids is 1. The van der Waals surface area contributed by atoms with Gasteiger partial charge in [-0.2, -0.15) is 0 Å². The van der Waals surface area contributed by atoms with Gasteiger partial charge >= 0.3 is 12.0 Å². The molecule has 5 nitrogen and oxygen atoms in total. The summed E-state index contributed by atoms with van der Waals surface area (Å²) in [6, 6.07) is -0.340. The maximum Gasteiger partial charge on any atom is 0.317 e. The van der Waals surface area contributed by atoms with Gasteiger partial charge in [-0.3, -0.25) is 4.79 Å². The Morgan fingerprint density at radius 2 is 1.70 bits per heavy atom. The van der Waals surface area contributed by atoms with Crippen LogP contribution in [-0.2, 0) is 4.79 Å². The van der Waals surface area contributed by atoms with E-state index in [-0.39, 0.29) is 12.1 Å². The van der Waals surface area contributed by atoms with Gasteiger partial charge in [0, 0.05) is 19.1 Å². The highest BCUT2D eigenvalue weighted by atomic mass is 16.4. The predicted molar refractivity (Wildman–Crippen MR) is 78.5 cm³/mol. The number of hydrogen-bond acceptors (Lipinski definition) is 2. The average Bonchev–Trinajstić information content (AvgIpc) is 2.74. The lowest BCUT2D eigenvalue weighted by Gasteiger charge is -2.29. The lowest BCUT2D eigenvalue weighted by atomic mass is 10.0. The van der Waals surface area contributed by atoms with Crippen LogP contribution in [0.2, 0.25) is 0 Å². The van der Waals surface area contributed by atoms with Gasteiger partial charge in [0.15, 0.2) is 0 Å². The summed E-state index contributed by atoms with van der Waals surface area (Å²) in [5, 5.41) is 12.1. The third-order valence-electron chi connectivity index (χ3n) is 3.60. The molecule has 0 aromatic rings. The minimum Gasteiger partial charge on any atom is -0.481 e. The minimum atomic E-state index is -0.799. The van der Waals surface area contributed by atoms with Crippen molar-refractivity contribution in [3.63, 3.8) is 0 Å². The van der Waals surface area contributed by atoms with Crippen LogP contribution in [0.25, 0.3) is 0 Å². The van der Waals surface area contributed by atoms with Crippen LogP contribution in [0.4, 0.5) is 4.79 Å². The normalized spacial score (nSPS) is 22.3. The molecule has 1 saturated carbocycles. The third-order valence-corrected chi connectivity index (χ3v) is 3.60. The van der Waals surface area contributed by atoms with Crippen LogP contribution < -0.4 is 5.32 Å². The maximum absolute atomic E-state index is 12.4. The summed E-state index contributed by atoms with van der Waals surface area (Å²) in [4.78, 5) is 25.3. The van der Waals surface area contributed by atoms with Crippen LogP contribution in [0.5, 0.6) is 0 Å². The molecule has 1 fully saturated rings. The predicted octanol–water partition coefficient (Wildman–Crippen LogP) is 2.56. The molecule has 1 aliphatic rings. The van der Waals surface area contributed by atoms with Crippen LogP contribution in [0.1, 0.15) is 47.0 Å². The highest BCUT2D eigenvalue weighted by Crippen LogP contribution is 2.26. The zero-order valence-corrected chi connectivity index (χ0v) is 13.1. The SMILES string of the molecule is CC(C)CN(CC(C)C)C(=O)NC1CCCC1C(=O)O. The molecule has 0 aliphatic heterocycles. The molecule has 116 valence electrons. The Hall–Kier alpha value is -1.26. The molecule has 0 aromatic carbocycles. The van der Waals surface area contributed by atoms with Gasteiger partial charge in [0.05, 0.1) is 5.92 Å². The Balaban J connectivity index is 2.62. The molecule has 1 rings (SSSR count). The molecule has 20 heavy (non-hydrogen) atoms. The summed E-state index contributed by atoms with van der Waals surface area (Å²) < 4.78 is 0. The first-order valence-electron chi connectivity index (χ1n) is 7.59. The van der Waals surface area contributed by atoms with E-state index >= 15 is 0 Å². The average molecular weight is 284 g/mol. The second kappa shape index (κ2) is 7.50. The van der Waals surface area contributed by atoms with E-state index in [1.165, 1.54) is 0 Å². The van der Waals surface area contributed by atoms with Crippen LogP contribution in [-0.4, -0.2) is 41.1 Å².